The number of methoxy groups -OCH3 is 1. The Hall–Kier alpha value is -1.36. The molecule has 94 valence electrons. The van der Waals surface area contributed by atoms with Gasteiger partial charge in [-0.2, -0.15) is 8.78 Å². The summed E-state index contributed by atoms with van der Waals surface area (Å²) in [4.78, 5) is 11.6. The van der Waals surface area contributed by atoms with Gasteiger partial charge in [-0.05, 0) is 12.1 Å². The Morgan fingerprint density at radius 2 is 2.18 bits per heavy atom. The lowest BCUT2D eigenvalue weighted by atomic mass is 10.1. The van der Waals surface area contributed by atoms with E-state index in [1.54, 1.807) is 0 Å². The zero-order valence-corrected chi connectivity index (χ0v) is 9.84. The number of halogens is 3. The third kappa shape index (κ3) is 3.85. The van der Waals surface area contributed by atoms with Gasteiger partial charge in [-0.25, -0.2) is 0 Å². The Kier molecular flexibility index (Phi) is 5.15. The Morgan fingerprint density at radius 1 is 1.47 bits per heavy atom. The molecule has 0 N–H and O–H groups in total. The van der Waals surface area contributed by atoms with E-state index in [2.05, 4.69) is 4.74 Å². The van der Waals surface area contributed by atoms with Gasteiger partial charge in [0.25, 0.3) is 0 Å². The summed E-state index contributed by atoms with van der Waals surface area (Å²) >= 11 is 5.43. The molecule has 0 aromatic heterocycles. The second-order valence-corrected chi connectivity index (χ2v) is 3.48. The molecule has 1 aromatic rings. The zero-order valence-electron chi connectivity index (χ0n) is 9.08. The van der Waals surface area contributed by atoms with Crippen molar-refractivity contribution in [2.24, 2.45) is 0 Å². The third-order valence-corrected chi connectivity index (χ3v) is 2.22. The van der Waals surface area contributed by atoms with Crippen LogP contribution in [0.4, 0.5) is 8.78 Å². The van der Waals surface area contributed by atoms with Crippen LogP contribution >= 0.6 is 11.6 Å². The van der Waals surface area contributed by atoms with Crippen LogP contribution in [0.5, 0.6) is 11.5 Å². The molecule has 0 heterocycles. The van der Waals surface area contributed by atoms with Crippen LogP contribution in [0.15, 0.2) is 18.2 Å². The van der Waals surface area contributed by atoms with E-state index < -0.39 is 6.61 Å². The Balaban J connectivity index is 3.05. The van der Waals surface area contributed by atoms with Crippen molar-refractivity contribution in [2.45, 2.75) is 13.0 Å². The highest BCUT2D eigenvalue weighted by Crippen LogP contribution is 2.27. The Bertz CT molecular complexity index is 396. The van der Waals surface area contributed by atoms with Crippen LogP contribution < -0.4 is 9.47 Å². The standard InChI is InChI=1S/C11H11ClF2O3/c1-16-7-2-3-8(9(15)4-5-12)10(6-7)17-11(13)14/h2-3,6,11H,4-5H2,1H3. The molecule has 3 nitrogen and oxygen atoms in total. The van der Waals surface area contributed by atoms with Gasteiger partial charge in [-0.15, -0.1) is 11.6 Å². The van der Waals surface area contributed by atoms with Crippen molar-refractivity contribution in [2.75, 3.05) is 13.0 Å². The summed E-state index contributed by atoms with van der Waals surface area (Å²) in [6.45, 7) is -3.00. The van der Waals surface area contributed by atoms with Crippen LogP contribution in [0.25, 0.3) is 0 Å². The molecule has 0 saturated carbocycles. The summed E-state index contributed by atoms with van der Waals surface area (Å²) < 4.78 is 33.5. The number of hydrogen-bond acceptors (Lipinski definition) is 3. The normalized spacial score (nSPS) is 10.4. The minimum atomic E-state index is -3.00. The van der Waals surface area contributed by atoms with Gasteiger partial charge in [0.05, 0.1) is 12.7 Å². The van der Waals surface area contributed by atoms with Gasteiger partial charge in [0.1, 0.15) is 11.5 Å². The number of carbonyl (C=O) groups excluding carboxylic acids is 1. The quantitative estimate of drug-likeness (QED) is 0.585. The molecule has 6 heteroatoms. The van der Waals surface area contributed by atoms with E-state index in [0.29, 0.717) is 5.75 Å². The first kappa shape index (κ1) is 13.7. The first-order chi connectivity index (χ1) is 8.08. The Labute approximate surface area is 102 Å². The molecule has 17 heavy (non-hydrogen) atoms. The van der Waals surface area contributed by atoms with Crippen molar-refractivity contribution in [1.29, 1.82) is 0 Å². The van der Waals surface area contributed by atoms with Crippen LogP contribution in [0.3, 0.4) is 0 Å². The number of Topliss-reactive ketones (excluding diaryl/α,β-unsaturated/α-hetero) is 1. The molecule has 1 rings (SSSR count). The van der Waals surface area contributed by atoms with E-state index in [9.17, 15) is 13.6 Å². The summed E-state index contributed by atoms with van der Waals surface area (Å²) in [6.07, 6.45) is 0.0630. The van der Waals surface area contributed by atoms with Gasteiger partial charge in [-0.3, -0.25) is 4.79 Å². The van der Waals surface area contributed by atoms with Crippen molar-refractivity contribution in [3.63, 3.8) is 0 Å². The van der Waals surface area contributed by atoms with Crippen LogP contribution in [0, 0.1) is 0 Å². The number of alkyl halides is 3. The van der Waals surface area contributed by atoms with Crippen molar-refractivity contribution in [3.8, 4) is 11.5 Å². The molecule has 1 aromatic carbocycles. The summed E-state index contributed by atoms with van der Waals surface area (Å²) in [7, 11) is 1.39. The Morgan fingerprint density at radius 3 is 2.71 bits per heavy atom. The van der Waals surface area contributed by atoms with Gasteiger partial charge < -0.3 is 9.47 Å². The smallest absolute Gasteiger partial charge is 0.387 e. The molecule has 0 bridgehead atoms. The SMILES string of the molecule is COc1ccc(C(=O)CCCl)c(OC(F)F)c1. The van der Waals surface area contributed by atoms with Crippen LogP contribution in [-0.4, -0.2) is 25.4 Å². The van der Waals surface area contributed by atoms with Crippen molar-refractivity contribution >= 4 is 17.4 Å². The topological polar surface area (TPSA) is 35.5 Å². The number of rotatable bonds is 6. The van der Waals surface area contributed by atoms with Gasteiger partial charge in [0.15, 0.2) is 5.78 Å². The van der Waals surface area contributed by atoms with Gasteiger partial charge >= 0.3 is 6.61 Å². The van der Waals surface area contributed by atoms with E-state index >= 15 is 0 Å². The summed E-state index contributed by atoms with van der Waals surface area (Å²) in [5, 5.41) is 0. The lowest BCUT2D eigenvalue weighted by Gasteiger charge is -2.11. The van der Waals surface area contributed by atoms with E-state index in [-0.39, 0.29) is 29.4 Å². The highest BCUT2D eigenvalue weighted by Gasteiger charge is 2.16. The third-order valence-electron chi connectivity index (χ3n) is 2.03. The van der Waals surface area contributed by atoms with Crippen molar-refractivity contribution in [1.82, 2.24) is 0 Å². The minimum absolute atomic E-state index is 0.0630. The minimum Gasteiger partial charge on any atom is -0.497 e. The molecular formula is C11H11ClF2O3. The maximum atomic E-state index is 12.2. The summed E-state index contributed by atoms with van der Waals surface area (Å²) in [5.74, 6) is -0.0882. The monoisotopic (exact) mass is 264 g/mol. The molecule has 0 aliphatic heterocycles. The van der Waals surface area contributed by atoms with Gasteiger partial charge in [0, 0.05) is 18.4 Å². The number of ketones is 1. The molecule has 0 saturated heterocycles. The zero-order chi connectivity index (χ0) is 12.8. The molecule has 0 spiro atoms. The maximum Gasteiger partial charge on any atom is 0.387 e. The molecule has 0 aliphatic rings. The molecular weight excluding hydrogens is 254 g/mol. The molecule has 0 aliphatic carbocycles. The molecule has 0 amide bonds. The first-order valence-corrected chi connectivity index (χ1v) is 5.34. The number of carbonyl (C=O) groups is 1. The second kappa shape index (κ2) is 6.39. The summed E-state index contributed by atoms with van der Waals surface area (Å²) in [5.41, 5.74) is 0.0757. The molecule has 0 fully saturated rings. The van der Waals surface area contributed by atoms with Crippen molar-refractivity contribution < 1.29 is 23.0 Å². The van der Waals surface area contributed by atoms with Gasteiger partial charge in [0.2, 0.25) is 0 Å². The van der Waals surface area contributed by atoms with Crippen LogP contribution in [0.1, 0.15) is 16.8 Å². The number of benzene rings is 1. The highest BCUT2D eigenvalue weighted by molar-refractivity contribution is 6.19. The van der Waals surface area contributed by atoms with E-state index in [1.807, 2.05) is 0 Å². The summed E-state index contributed by atoms with van der Waals surface area (Å²) in [6, 6.07) is 4.12. The molecule has 0 atom stereocenters. The van der Waals surface area contributed by atoms with E-state index in [1.165, 1.54) is 25.3 Å². The number of hydrogen-bond donors (Lipinski definition) is 0. The fraction of sp³-hybridized carbons (Fsp3) is 0.364. The van der Waals surface area contributed by atoms with Gasteiger partial charge in [-0.1, -0.05) is 0 Å². The molecule has 0 unspecified atom stereocenters. The fourth-order valence-corrected chi connectivity index (χ4v) is 1.45. The fourth-order valence-electron chi connectivity index (χ4n) is 1.27. The van der Waals surface area contributed by atoms with E-state index in [4.69, 9.17) is 16.3 Å². The second-order valence-electron chi connectivity index (χ2n) is 3.10. The number of ether oxygens (including phenoxy) is 2. The predicted octanol–water partition coefficient (Wildman–Crippen LogP) is 3.11. The van der Waals surface area contributed by atoms with Crippen molar-refractivity contribution in [3.05, 3.63) is 23.8 Å². The average molecular weight is 265 g/mol. The maximum absolute atomic E-state index is 12.2. The van der Waals surface area contributed by atoms with Crippen LogP contribution in [-0.2, 0) is 0 Å². The lowest BCUT2D eigenvalue weighted by Crippen LogP contribution is -2.08. The predicted molar refractivity (Wildman–Crippen MR) is 59.3 cm³/mol. The van der Waals surface area contributed by atoms with E-state index in [0.717, 1.165) is 0 Å². The lowest BCUT2D eigenvalue weighted by molar-refractivity contribution is -0.0502. The largest absolute Gasteiger partial charge is 0.497 e. The van der Waals surface area contributed by atoms with Crippen LogP contribution in [0.2, 0.25) is 0 Å². The molecule has 0 radical (unpaired) electrons. The first-order valence-electron chi connectivity index (χ1n) is 4.80. The average Bonchev–Trinajstić information content (AvgIpc) is 2.28. The highest BCUT2D eigenvalue weighted by atomic mass is 35.5.